The van der Waals surface area contributed by atoms with Crippen molar-refractivity contribution in [3.05, 3.63) is 64.2 Å². The van der Waals surface area contributed by atoms with E-state index in [9.17, 15) is 9.90 Å². The number of carbonyl (C=O) groups is 1. The summed E-state index contributed by atoms with van der Waals surface area (Å²) in [6.07, 6.45) is 2.77. The van der Waals surface area contributed by atoms with E-state index in [0.29, 0.717) is 25.3 Å². The first-order valence-corrected chi connectivity index (χ1v) is 13.8. The van der Waals surface area contributed by atoms with Crippen LogP contribution in [0.1, 0.15) is 60.9 Å². The summed E-state index contributed by atoms with van der Waals surface area (Å²) in [5, 5.41) is 12.4. The Morgan fingerprint density at radius 2 is 2.03 bits per heavy atom. The van der Waals surface area contributed by atoms with Crippen LogP contribution in [-0.2, 0) is 16.6 Å². The van der Waals surface area contributed by atoms with E-state index >= 15 is 0 Å². The van der Waals surface area contributed by atoms with Gasteiger partial charge in [0.25, 0.3) is 5.91 Å². The number of ether oxygens (including phenoxy) is 1. The molecule has 2 aliphatic heterocycles. The molecule has 0 radical (unpaired) electrons. The molecule has 2 aliphatic carbocycles. The van der Waals surface area contributed by atoms with Crippen molar-refractivity contribution in [3.63, 3.8) is 0 Å². The minimum atomic E-state index is -0.863. The standard InChI is InChI=1S/C32H38N2O3/c1-20(2)19-34(28(35)12-11-23-10-9-21(3)22(4)17-23)25-13-14-32(36)27-18-24-7-6-8-26-29(24)31(32,30(25)37-26)15-16-33(27)5/h6-10,17,20,25,27,30,36H,13-16,18-19H2,1-5H3/t25-,27-,30+,31+,32-/m1/s1. The van der Waals surface area contributed by atoms with Gasteiger partial charge in [-0.3, -0.25) is 4.79 Å². The van der Waals surface area contributed by atoms with Gasteiger partial charge in [0, 0.05) is 29.6 Å². The van der Waals surface area contributed by atoms with Crippen molar-refractivity contribution in [1.29, 1.82) is 0 Å². The Balaban J connectivity index is 1.40. The van der Waals surface area contributed by atoms with Crippen LogP contribution in [0.15, 0.2) is 36.4 Å². The van der Waals surface area contributed by atoms with Crippen molar-refractivity contribution >= 4 is 5.91 Å². The molecule has 194 valence electrons. The second kappa shape index (κ2) is 8.61. The number of aliphatic hydroxyl groups is 1. The fourth-order valence-electron chi connectivity index (χ4n) is 7.79. The number of benzene rings is 2. The van der Waals surface area contributed by atoms with Crippen molar-refractivity contribution in [2.45, 2.75) is 82.6 Å². The molecule has 5 nitrogen and oxygen atoms in total. The van der Waals surface area contributed by atoms with Crippen LogP contribution >= 0.6 is 0 Å². The third-order valence-electron chi connectivity index (χ3n) is 9.64. The average Bonchev–Trinajstić information content (AvgIpc) is 3.20. The highest BCUT2D eigenvalue weighted by molar-refractivity contribution is 5.94. The summed E-state index contributed by atoms with van der Waals surface area (Å²) in [4.78, 5) is 18.1. The predicted octanol–water partition coefficient (Wildman–Crippen LogP) is 3.99. The Morgan fingerprint density at radius 3 is 2.78 bits per heavy atom. The largest absolute Gasteiger partial charge is 0.487 e. The molecule has 5 heteroatoms. The first kappa shape index (κ1) is 24.5. The summed E-state index contributed by atoms with van der Waals surface area (Å²) in [7, 11) is 2.14. The van der Waals surface area contributed by atoms with Gasteiger partial charge < -0.3 is 19.6 Å². The summed E-state index contributed by atoms with van der Waals surface area (Å²) < 4.78 is 6.78. The lowest BCUT2D eigenvalue weighted by molar-refractivity contribution is -0.197. The summed E-state index contributed by atoms with van der Waals surface area (Å²) in [5.74, 6) is 7.13. The van der Waals surface area contributed by atoms with E-state index in [2.05, 4.69) is 75.7 Å². The summed E-state index contributed by atoms with van der Waals surface area (Å²) >= 11 is 0. The van der Waals surface area contributed by atoms with Gasteiger partial charge in [-0.15, -0.1) is 0 Å². The van der Waals surface area contributed by atoms with E-state index in [1.165, 1.54) is 22.3 Å². The molecule has 1 saturated heterocycles. The quantitative estimate of drug-likeness (QED) is 0.651. The number of likely N-dealkylation sites (tertiary alicyclic amines) is 1. The monoisotopic (exact) mass is 498 g/mol. The van der Waals surface area contributed by atoms with E-state index < -0.39 is 11.0 Å². The number of rotatable bonds is 3. The Morgan fingerprint density at radius 1 is 1.22 bits per heavy atom. The molecule has 2 fully saturated rings. The van der Waals surface area contributed by atoms with Gasteiger partial charge in [-0.25, -0.2) is 0 Å². The van der Waals surface area contributed by atoms with Crippen molar-refractivity contribution < 1.29 is 14.6 Å². The maximum atomic E-state index is 13.8. The molecule has 5 atom stereocenters. The van der Waals surface area contributed by atoms with Gasteiger partial charge >= 0.3 is 0 Å². The third-order valence-corrected chi connectivity index (χ3v) is 9.64. The van der Waals surface area contributed by atoms with Crippen molar-refractivity contribution in [3.8, 4) is 17.6 Å². The molecule has 0 unspecified atom stereocenters. The van der Waals surface area contributed by atoms with E-state index in [1.54, 1.807) is 0 Å². The van der Waals surface area contributed by atoms with Gasteiger partial charge in [-0.2, -0.15) is 0 Å². The summed E-state index contributed by atoms with van der Waals surface area (Å²) in [6.45, 7) is 9.96. The number of likely N-dealkylation sites (N-methyl/N-ethyl adjacent to an activating group) is 1. The van der Waals surface area contributed by atoms with Gasteiger partial charge in [0.2, 0.25) is 0 Å². The molecule has 1 N–H and O–H groups in total. The van der Waals surface area contributed by atoms with Crippen molar-refractivity contribution in [2.24, 2.45) is 5.92 Å². The number of carbonyl (C=O) groups excluding carboxylic acids is 1. The molecular formula is C32H38N2O3. The number of piperidine rings is 1. The van der Waals surface area contributed by atoms with Gasteiger partial charge in [-0.1, -0.05) is 38.0 Å². The Bertz CT molecular complexity index is 1320. The Kier molecular flexibility index (Phi) is 5.71. The normalized spacial score (nSPS) is 31.3. The van der Waals surface area contributed by atoms with E-state index in [1.807, 2.05) is 17.0 Å². The van der Waals surface area contributed by atoms with Crippen LogP contribution in [0.4, 0.5) is 0 Å². The highest BCUT2D eigenvalue weighted by Gasteiger charge is 2.72. The fourth-order valence-corrected chi connectivity index (χ4v) is 7.79. The topological polar surface area (TPSA) is 53.0 Å². The molecular weight excluding hydrogens is 460 g/mol. The van der Waals surface area contributed by atoms with Crippen LogP contribution in [0.5, 0.6) is 5.75 Å². The first-order valence-electron chi connectivity index (χ1n) is 13.8. The molecule has 6 rings (SSSR count). The van der Waals surface area contributed by atoms with E-state index in [0.717, 1.165) is 30.7 Å². The number of nitrogens with zero attached hydrogens (tertiary/aromatic N) is 2. The predicted molar refractivity (Wildman–Crippen MR) is 145 cm³/mol. The molecule has 2 aromatic carbocycles. The molecule has 4 aliphatic rings. The fraction of sp³-hybridized carbons (Fsp3) is 0.531. The van der Waals surface area contributed by atoms with Crippen LogP contribution in [-0.4, -0.2) is 64.7 Å². The average molecular weight is 499 g/mol. The van der Waals surface area contributed by atoms with Crippen molar-refractivity contribution in [2.75, 3.05) is 20.1 Å². The van der Waals surface area contributed by atoms with E-state index in [-0.39, 0.29) is 24.1 Å². The lowest BCUT2D eigenvalue weighted by Crippen LogP contribution is -2.78. The summed E-state index contributed by atoms with van der Waals surface area (Å²) in [6, 6.07) is 12.3. The van der Waals surface area contributed by atoms with Crippen molar-refractivity contribution in [1.82, 2.24) is 9.80 Å². The lowest BCUT2D eigenvalue weighted by Gasteiger charge is -2.64. The van der Waals surface area contributed by atoms with Crippen LogP contribution < -0.4 is 4.74 Å². The smallest absolute Gasteiger partial charge is 0.299 e. The molecule has 0 aromatic heterocycles. The van der Waals surface area contributed by atoms with Crippen LogP contribution in [0.3, 0.4) is 0 Å². The second-order valence-electron chi connectivity index (χ2n) is 12.2. The number of aryl methyl sites for hydroxylation is 2. The molecule has 2 heterocycles. The number of hydrogen-bond donors (Lipinski definition) is 1. The van der Waals surface area contributed by atoms with Crippen LogP contribution in [0.2, 0.25) is 0 Å². The highest BCUT2D eigenvalue weighted by atomic mass is 16.5. The van der Waals surface area contributed by atoms with Gasteiger partial charge in [0.1, 0.15) is 11.9 Å². The zero-order chi connectivity index (χ0) is 26.1. The molecule has 2 bridgehead atoms. The zero-order valence-electron chi connectivity index (χ0n) is 22.7. The van der Waals surface area contributed by atoms with Gasteiger partial charge in [-0.05, 0) is 93.9 Å². The molecule has 1 amide bonds. The SMILES string of the molecule is Cc1ccc(C#CC(=O)N(CC(C)C)[C@@H]2CC[C@@]3(O)[C@H]4Cc5cccc6c5[C@@]3(CCN4C)[C@H]2O6)cc1C. The number of amides is 1. The van der Waals surface area contributed by atoms with Gasteiger partial charge in [0.05, 0.1) is 17.1 Å². The maximum absolute atomic E-state index is 13.8. The summed E-state index contributed by atoms with van der Waals surface area (Å²) in [5.41, 5.74) is 4.39. The molecule has 1 saturated carbocycles. The highest BCUT2D eigenvalue weighted by Crippen LogP contribution is 2.64. The maximum Gasteiger partial charge on any atom is 0.299 e. The van der Waals surface area contributed by atoms with Crippen LogP contribution in [0, 0.1) is 31.6 Å². The minimum Gasteiger partial charge on any atom is -0.487 e. The Labute approximate surface area is 220 Å². The molecule has 2 aromatic rings. The zero-order valence-corrected chi connectivity index (χ0v) is 22.7. The molecule has 1 spiro atoms. The lowest BCUT2D eigenvalue weighted by atomic mass is 9.48. The van der Waals surface area contributed by atoms with Gasteiger partial charge in [0.15, 0.2) is 0 Å². The van der Waals surface area contributed by atoms with Crippen LogP contribution in [0.25, 0.3) is 0 Å². The minimum absolute atomic E-state index is 0.0629. The third kappa shape index (κ3) is 3.49. The number of hydrogen-bond acceptors (Lipinski definition) is 4. The van der Waals surface area contributed by atoms with E-state index in [4.69, 9.17) is 4.74 Å². The Hall–Kier alpha value is -2.81. The second-order valence-corrected chi connectivity index (χ2v) is 12.2. The first-order chi connectivity index (χ1) is 17.7. The molecule has 37 heavy (non-hydrogen) atoms.